The number of hydrogen-bond donors (Lipinski definition) is 4. The molecule has 0 aromatic heterocycles. The number of aliphatic carboxylic acids is 1. The van der Waals surface area contributed by atoms with Crippen molar-refractivity contribution < 1.29 is 24.5 Å². The number of rotatable bonds is 4. The van der Waals surface area contributed by atoms with Crippen molar-refractivity contribution in [2.45, 2.75) is 38.8 Å². The summed E-state index contributed by atoms with van der Waals surface area (Å²) in [5.74, 6) is -1.30. The van der Waals surface area contributed by atoms with Gasteiger partial charge in [-0.3, -0.25) is 10.1 Å². The molecule has 0 aliphatic heterocycles. The number of anilines is 1. The lowest BCUT2D eigenvalue weighted by Crippen LogP contribution is -2.32. The summed E-state index contributed by atoms with van der Waals surface area (Å²) in [7, 11) is 0. The predicted molar refractivity (Wildman–Crippen MR) is 77.3 cm³/mol. The van der Waals surface area contributed by atoms with E-state index in [4.69, 9.17) is 15.6 Å². The number of hydrogen-bond acceptors (Lipinski definition) is 5. The highest BCUT2D eigenvalue weighted by Crippen LogP contribution is 2.25. The normalized spacial score (nSPS) is 12.6. The molecule has 0 spiro atoms. The van der Waals surface area contributed by atoms with Gasteiger partial charge in [-0.25, -0.2) is 4.79 Å². The molecule has 1 aromatic rings. The number of carbonyl (C=O) groups excluding carboxylic acids is 1. The summed E-state index contributed by atoms with van der Waals surface area (Å²) in [6.45, 7) is 5.18. The molecule has 0 saturated carbocycles. The van der Waals surface area contributed by atoms with E-state index in [1.54, 1.807) is 26.8 Å². The van der Waals surface area contributed by atoms with Crippen LogP contribution in [0.5, 0.6) is 5.75 Å². The lowest BCUT2D eigenvalue weighted by molar-refractivity contribution is -0.138. The van der Waals surface area contributed by atoms with E-state index in [0.29, 0.717) is 5.56 Å². The summed E-state index contributed by atoms with van der Waals surface area (Å²) < 4.78 is 5.06. The van der Waals surface area contributed by atoms with Crippen LogP contribution in [0.4, 0.5) is 10.5 Å². The molecule has 0 aliphatic rings. The van der Waals surface area contributed by atoms with Gasteiger partial charge in [0, 0.05) is 0 Å². The van der Waals surface area contributed by atoms with E-state index in [9.17, 15) is 14.7 Å². The summed E-state index contributed by atoms with van der Waals surface area (Å²) in [6.07, 6.45) is -0.608. The van der Waals surface area contributed by atoms with Gasteiger partial charge in [-0.15, -0.1) is 0 Å². The first-order chi connectivity index (χ1) is 9.58. The number of phenolic OH excluding ortho intramolecular Hbond substituents is 1. The molecule has 1 atom stereocenters. The highest BCUT2D eigenvalue weighted by molar-refractivity contribution is 5.87. The Kier molecular flexibility index (Phi) is 5.15. The van der Waals surface area contributed by atoms with Crippen molar-refractivity contribution >= 4 is 17.7 Å². The number of carboxylic acid groups (broad SMARTS) is 1. The van der Waals surface area contributed by atoms with Gasteiger partial charge in [-0.2, -0.15) is 0 Å². The second kappa shape index (κ2) is 6.45. The third-order valence-corrected chi connectivity index (χ3v) is 2.47. The van der Waals surface area contributed by atoms with Gasteiger partial charge >= 0.3 is 12.1 Å². The minimum atomic E-state index is -1.12. The number of carboxylic acids is 1. The van der Waals surface area contributed by atoms with Gasteiger partial charge in [0.05, 0.1) is 5.69 Å². The largest absolute Gasteiger partial charge is 0.506 e. The molecular weight excluding hydrogens is 276 g/mol. The Morgan fingerprint density at radius 3 is 2.48 bits per heavy atom. The van der Waals surface area contributed by atoms with Gasteiger partial charge in [-0.05, 0) is 44.9 Å². The van der Waals surface area contributed by atoms with E-state index in [1.807, 2.05) is 0 Å². The SMILES string of the molecule is CC(C)(C)OC(=O)Nc1ccc(CC(N)C(=O)O)cc1O. The van der Waals surface area contributed by atoms with Crippen molar-refractivity contribution in [3.63, 3.8) is 0 Å². The minimum Gasteiger partial charge on any atom is -0.506 e. The number of phenols is 1. The number of nitrogens with one attached hydrogen (secondary N) is 1. The lowest BCUT2D eigenvalue weighted by atomic mass is 10.1. The van der Waals surface area contributed by atoms with Gasteiger partial charge in [0.15, 0.2) is 0 Å². The zero-order valence-corrected chi connectivity index (χ0v) is 12.2. The van der Waals surface area contributed by atoms with Crippen LogP contribution in [0, 0.1) is 0 Å². The first-order valence-corrected chi connectivity index (χ1v) is 6.39. The third-order valence-electron chi connectivity index (χ3n) is 2.47. The monoisotopic (exact) mass is 296 g/mol. The van der Waals surface area contributed by atoms with E-state index in [1.165, 1.54) is 12.1 Å². The zero-order chi connectivity index (χ0) is 16.2. The van der Waals surface area contributed by atoms with Gasteiger partial charge < -0.3 is 20.7 Å². The van der Waals surface area contributed by atoms with Crippen molar-refractivity contribution in [2.75, 3.05) is 5.32 Å². The van der Waals surface area contributed by atoms with Gasteiger partial charge in [-0.1, -0.05) is 6.07 Å². The molecule has 0 aliphatic carbocycles. The van der Waals surface area contributed by atoms with E-state index in [-0.39, 0.29) is 17.9 Å². The average molecular weight is 296 g/mol. The molecule has 116 valence electrons. The highest BCUT2D eigenvalue weighted by Gasteiger charge is 2.18. The molecular formula is C14H20N2O5. The fourth-order valence-corrected chi connectivity index (χ4v) is 1.56. The summed E-state index contributed by atoms with van der Waals surface area (Å²) in [4.78, 5) is 22.3. The van der Waals surface area contributed by atoms with Crippen molar-refractivity contribution in [2.24, 2.45) is 5.73 Å². The molecule has 5 N–H and O–H groups in total. The van der Waals surface area contributed by atoms with Crippen molar-refractivity contribution in [1.82, 2.24) is 0 Å². The molecule has 7 heteroatoms. The Labute approximate surface area is 122 Å². The Bertz CT molecular complexity index is 537. The van der Waals surface area contributed by atoms with E-state index >= 15 is 0 Å². The van der Waals surface area contributed by atoms with E-state index in [2.05, 4.69) is 5.32 Å². The highest BCUT2D eigenvalue weighted by atomic mass is 16.6. The molecule has 0 fully saturated rings. The van der Waals surface area contributed by atoms with E-state index < -0.39 is 23.7 Å². The van der Waals surface area contributed by atoms with Crippen LogP contribution in [0.3, 0.4) is 0 Å². The molecule has 1 amide bonds. The maximum atomic E-state index is 11.6. The summed E-state index contributed by atoms with van der Waals surface area (Å²) >= 11 is 0. The number of benzene rings is 1. The van der Waals surface area contributed by atoms with Crippen LogP contribution in [0.25, 0.3) is 0 Å². The first-order valence-electron chi connectivity index (χ1n) is 6.39. The van der Waals surface area contributed by atoms with Crippen LogP contribution in [0.1, 0.15) is 26.3 Å². The molecule has 0 radical (unpaired) electrons. The second-order valence-corrected chi connectivity index (χ2v) is 5.63. The van der Waals surface area contributed by atoms with Crippen LogP contribution in [0.2, 0.25) is 0 Å². The fraction of sp³-hybridized carbons (Fsp3) is 0.429. The van der Waals surface area contributed by atoms with Crippen molar-refractivity contribution in [1.29, 1.82) is 0 Å². The first kappa shape index (κ1) is 16.8. The van der Waals surface area contributed by atoms with Crippen molar-refractivity contribution in [3.05, 3.63) is 23.8 Å². The fourth-order valence-electron chi connectivity index (χ4n) is 1.56. The quantitative estimate of drug-likeness (QED) is 0.627. The molecule has 1 unspecified atom stereocenters. The third kappa shape index (κ3) is 5.70. The number of aromatic hydroxyl groups is 1. The lowest BCUT2D eigenvalue weighted by Gasteiger charge is -2.20. The Balaban J connectivity index is 2.75. The Morgan fingerprint density at radius 2 is 2.00 bits per heavy atom. The molecule has 21 heavy (non-hydrogen) atoms. The van der Waals surface area contributed by atoms with Gasteiger partial charge in [0.1, 0.15) is 17.4 Å². The number of amides is 1. The maximum absolute atomic E-state index is 11.6. The van der Waals surface area contributed by atoms with Gasteiger partial charge in [0.2, 0.25) is 0 Å². The molecule has 0 bridgehead atoms. The zero-order valence-electron chi connectivity index (χ0n) is 12.2. The minimum absolute atomic E-state index is 0.0790. The molecule has 0 heterocycles. The van der Waals surface area contributed by atoms with Crippen LogP contribution < -0.4 is 11.1 Å². The Morgan fingerprint density at radius 1 is 1.38 bits per heavy atom. The second-order valence-electron chi connectivity index (χ2n) is 5.63. The summed E-state index contributed by atoms with van der Waals surface area (Å²) in [6, 6.07) is 3.35. The van der Waals surface area contributed by atoms with Crippen molar-refractivity contribution in [3.8, 4) is 5.75 Å². The molecule has 0 saturated heterocycles. The number of carbonyl (C=O) groups is 2. The van der Waals surface area contributed by atoms with Crippen LogP contribution in [-0.2, 0) is 16.0 Å². The standard InChI is InChI=1S/C14H20N2O5/c1-14(2,3)21-13(20)16-10-5-4-8(7-11(10)17)6-9(15)12(18)19/h4-5,7,9,17H,6,15H2,1-3H3,(H,16,20)(H,18,19). The number of ether oxygens (including phenoxy) is 1. The van der Waals surface area contributed by atoms with Crippen LogP contribution >= 0.6 is 0 Å². The van der Waals surface area contributed by atoms with E-state index in [0.717, 1.165) is 0 Å². The van der Waals surface area contributed by atoms with Gasteiger partial charge in [0.25, 0.3) is 0 Å². The maximum Gasteiger partial charge on any atom is 0.412 e. The average Bonchev–Trinajstić information content (AvgIpc) is 2.30. The predicted octanol–water partition coefficient (Wildman–Crippen LogP) is 1.69. The number of nitrogens with two attached hydrogens (primary N) is 1. The smallest absolute Gasteiger partial charge is 0.412 e. The topological polar surface area (TPSA) is 122 Å². The molecule has 1 aromatic carbocycles. The molecule has 7 nitrogen and oxygen atoms in total. The molecule has 1 rings (SSSR count). The summed E-state index contributed by atoms with van der Waals surface area (Å²) in [5.41, 5.74) is 5.50. The summed E-state index contributed by atoms with van der Waals surface area (Å²) in [5, 5.41) is 21.0. The van der Waals surface area contributed by atoms with Crippen LogP contribution in [-0.4, -0.2) is 33.9 Å². The Hall–Kier alpha value is -2.28. The van der Waals surface area contributed by atoms with Crippen LogP contribution in [0.15, 0.2) is 18.2 Å².